The summed E-state index contributed by atoms with van der Waals surface area (Å²) in [5.41, 5.74) is 12.6. The van der Waals surface area contributed by atoms with Gasteiger partial charge in [0, 0.05) is 11.1 Å². The molecule has 0 spiro atoms. The number of para-hydroxylation sites is 1. The van der Waals surface area contributed by atoms with Crippen molar-refractivity contribution in [2.75, 3.05) is 0 Å². The third kappa shape index (κ3) is 3.98. The number of nitrogens with one attached hydrogen (secondary N) is 1. The third-order valence-electron chi connectivity index (χ3n) is 7.55. The van der Waals surface area contributed by atoms with E-state index >= 15 is 0 Å². The number of allylic oxidation sites excluding steroid dienone is 1. The van der Waals surface area contributed by atoms with Gasteiger partial charge in [0.15, 0.2) is 0 Å². The van der Waals surface area contributed by atoms with Gasteiger partial charge in [-0.2, -0.15) is 10.4 Å². The maximum absolute atomic E-state index is 10.1. The van der Waals surface area contributed by atoms with Crippen LogP contribution in [0.3, 0.4) is 0 Å². The molecule has 7 nitrogen and oxygen atoms in total. The van der Waals surface area contributed by atoms with Crippen molar-refractivity contribution in [1.82, 2.24) is 20.0 Å². The van der Waals surface area contributed by atoms with E-state index in [-0.39, 0.29) is 11.5 Å². The first-order valence-electron chi connectivity index (χ1n) is 12.6. The van der Waals surface area contributed by atoms with Gasteiger partial charge in [-0.1, -0.05) is 73.3 Å². The molecule has 2 aromatic heterocycles. The van der Waals surface area contributed by atoms with Crippen molar-refractivity contribution in [2.24, 2.45) is 5.73 Å². The average Bonchev–Trinajstić information content (AvgIpc) is 3.49. The lowest BCUT2D eigenvalue weighted by Crippen LogP contribution is -2.21. The minimum atomic E-state index is -0.578. The number of fused-ring (bicyclic) bond motifs is 1. The number of aromatic amines is 1. The Kier molecular flexibility index (Phi) is 5.97. The second-order valence-electron chi connectivity index (χ2n) is 9.74. The Morgan fingerprint density at radius 2 is 1.78 bits per heavy atom. The number of nitrogens with two attached hydrogens (primary N) is 1. The first-order chi connectivity index (χ1) is 18.1. The average molecular weight is 511 g/mol. The SMILES string of the molecule is Cc1nn(-c2ccccc2)c(Cl)c1[C@@H]1C(C#N)=C(N)Oc2n[nH]c(-c3ccc(C4CCCCC4)cc3)c21. The summed E-state index contributed by atoms with van der Waals surface area (Å²) < 4.78 is 7.49. The van der Waals surface area contributed by atoms with Crippen molar-refractivity contribution in [2.45, 2.75) is 50.9 Å². The Labute approximate surface area is 220 Å². The lowest BCUT2D eigenvalue weighted by atomic mass is 9.82. The number of H-pyrrole nitrogens is 1. The number of hydrogen-bond donors (Lipinski definition) is 2. The second kappa shape index (κ2) is 9.45. The van der Waals surface area contributed by atoms with Crippen molar-refractivity contribution in [3.05, 3.63) is 93.6 Å². The van der Waals surface area contributed by atoms with Gasteiger partial charge >= 0.3 is 0 Å². The third-order valence-corrected chi connectivity index (χ3v) is 7.92. The van der Waals surface area contributed by atoms with Gasteiger partial charge in [0.05, 0.1) is 28.6 Å². The number of rotatable bonds is 4. The van der Waals surface area contributed by atoms with Gasteiger partial charge in [-0.3, -0.25) is 5.10 Å². The molecule has 0 amide bonds. The summed E-state index contributed by atoms with van der Waals surface area (Å²) in [5.74, 6) is 0.405. The highest BCUT2D eigenvalue weighted by Crippen LogP contribution is 2.48. The normalized spacial score (nSPS) is 17.8. The summed E-state index contributed by atoms with van der Waals surface area (Å²) in [6.45, 7) is 1.89. The highest BCUT2D eigenvalue weighted by molar-refractivity contribution is 6.30. The molecule has 3 heterocycles. The minimum absolute atomic E-state index is 0.0219. The zero-order valence-electron chi connectivity index (χ0n) is 20.5. The Morgan fingerprint density at radius 1 is 1.05 bits per heavy atom. The lowest BCUT2D eigenvalue weighted by Gasteiger charge is -2.24. The fourth-order valence-corrected chi connectivity index (χ4v) is 6.07. The summed E-state index contributed by atoms with van der Waals surface area (Å²) in [6.07, 6.45) is 6.40. The van der Waals surface area contributed by atoms with Crippen LogP contribution in [0.25, 0.3) is 16.9 Å². The maximum atomic E-state index is 10.1. The van der Waals surface area contributed by atoms with Gasteiger partial charge in [-0.05, 0) is 43.4 Å². The zero-order valence-corrected chi connectivity index (χ0v) is 21.3. The van der Waals surface area contributed by atoms with Crippen LogP contribution in [-0.2, 0) is 0 Å². The van der Waals surface area contributed by atoms with Crippen LogP contribution in [0.1, 0.15) is 66.3 Å². The molecule has 2 aromatic carbocycles. The molecule has 4 aromatic rings. The van der Waals surface area contributed by atoms with Crippen molar-refractivity contribution in [3.8, 4) is 28.9 Å². The molecule has 1 fully saturated rings. The van der Waals surface area contributed by atoms with E-state index in [1.807, 2.05) is 37.3 Å². The monoisotopic (exact) mass is 510 g/mol. The van der Waals surface area contributed by atoms with E-state index < -0.39 is 5.92 Å². The summed E-state index contributed by atoms with van der Waals surface area (Å²) in [5, 5.41) is 22.8. The van der Waals surface area contributed by atoms with Gasteiger partial charge in [0.25, 0.3) is 0 Å². The van der Waals surface area contributed by atoms with E-state index in [1.54, 1.807) is 4.68 Å². The molecule has 2 aliphatic rings. The molecule has 0 bridgehead atoms. The van der Waals surface area contributed by atoms with Crippen molar-refractivity contribution >= 4 is 11.6 Å². The van der Waals surface area contributed by atoms with E-state index in [0.717, 1.165) is 22.5 Å². The van der Waals surface area contributed by atoms with Gasteiger partial charge in [0.2, 0.25) is 11.8 Å². The van der Waals surface area contributed by atoms with Crippen LogP contribution in [0.4, 0.5) is 0 Å². The molecule has 3 N–H and O–H groups in total. The molecular weight excluding hydrogens is 484 g/mol. The van der Waals surface area contributed by atoms with Crippen LogP contribution in [0.5, 0.6) is 5.88 Å². The molecule has 1 saturated carbocycles. The number of benzene rings is 2. The minimum Gasteiger partial charge on any atom is -0.420 e. The Bertz CT molecular complexity index is 1520. The van der Waals surface area contributed by atoms with Crippen LogP contribution < -0.4 is 10.5 Å². The fraction of sp³-hybridized carbons (Fsp3) is 0.276. The zero-order chi connectivity index (χ0) is 25.5. The van der Waals surface area contributed by atoms with Crippen LogP contribution >= 0.6 is 11.6 Å². The first kappa shape index (κ1) is 23.4. The van der Waals surface area contributed by atoms with Gasteiger partial charge in [0.1, 0.15) is 16.8 Å². The molecular formula is C29H27ClN6O. The Morgan fingerprint density at radius 3 is 2.49 bits per heavy atom. The van der Waals surface area contributed by atoms with Crippen LogP contribution in [-0.4, -0.2) is 20.0 Å². The maximum Gasteiger partial charge on any atom is 0.244 e. The van der Waals surface area contributed by atoms with Crippen molar-refractivity contribution in [1.29, 1.82) is 5.26 Å². The Balaban J connectivity index is 1.47. The van der Waals surface area contributed by atoms with Gasteiger partial charge in [-0.25, -0.2) is 4.68 Å². The standard InChI is InChI=1S/C29H27ClN6O/c1-17-23(27(30)36(35-17)21-10-6-3-7-11-21)24-22(16-31)28(32)37-29-25(24)26(33-34-29)20-14-12-19(13-15-20)18-8-4-2-5-9-18/h3,6-7,10-15,18,24H,2,4-5,8-9,32H2,1H3,(H,33,34)/t24-/m0/s1. The predicted octanol–water partition coefficient (Wildman–Crippen LogP) is 6.49. The molecule has 8 heteroatoms. The summed E-state index contributed by atoms with van der Waals surface area (Å²) in [7, 11) is 0. The smallest absolute Gasteiger partial charge is 0.244 e. The molecule has 0 saturated heterocycles. The number of aryl methyl sites for hydroxylation is 1. The number of aromatic nitrogens is 4. The molecule has 186 valence electrons. The van der Waals surface area contributed by atoms with E-state index in [2.05, 4.69) is 40.5 Å². The van der Waals surface area contributed by atoms with E-state index in [1.165, 1.54) is 37.7 Å². The highest BCUT2D eigenvalue weighted by atomic mass is 35.5. The fourth-order valence-electron chi connectivity index (χ4n) is 5.69. The van der Waals surface area contributed by atoms with Crippen LogP contribution in [0, 0.1) is 18.3 Å². The van der Waals surface area contributed by atoms with E-state index in [0.29, 0.717) is 28.2 Å². The lowest BCUT2D eigenvalue weighted by molar-refractivity contribution is 0.379. The molecule has 1 aliphatic heterocycles. The largest absolute Gasteiger partial charge is 0.420 e. The summed E-state index contributed by atoms with van der Waals surface area (Å²) in [6, 6.07) is 20.6. The molecule has 0 unspecified atom stereocenters. The number of ether oxygens (including phenoxy) is 1. The highest BCUT2D eigenvalue weighted by Gasteiger charge is 2.39. The van der Waals surface area contributed by atoms with E-state index in [9.17, 15) is 5.26 Å². The number of nitrogens with zero attached hydrogens (tertiary/aromatic N) is 4. The molecule has 1 aliphatic carbocycles. The van der Waals surface area contributed by atoms with Gasteiger partial charge < -0.3 is 10.5 Å². The molecule has 6 rings (SSSR count). The molecule has 37 heavy (non-hydrogen) atoms. The number of hydrogen-bond acceptors (Lipinski definition) is 5. The first-order valence-corrected chi connectivity index (χ1v) is 13.0. The summed E-state index contributed by atoms with van der Waals surface area (Å²) >= 11 is 6.96. The Hall–Kier alpha value is -4.02. The predicted molar refractivity (Wildman–Crippen MR) is 142 cm³/mol. The second-order valence-corrected chi connectivity index (χ2v) is 10.1. The summed E-state index contributed by atoms with van der Waals surface area (Å²) in [4.78, 5) is 0. The van der Waals surface area contributed by atoms with E-state index in [4.69, 9.17) is 27.2 Å². The van der Waals surface area contributed by atoms with Crippen LogP contribution in [0.15, 0.2) is 66.1 Å². The van der Waals surface area contributed by atoms with Gasteiger partial charge in [-0.15, -0.1) is 5.10 Å². The van der Waals surface area contributed by atoms with Crippen LogP contribution in [0.2, 0.25) is 5.15 Å². The van der Waals surface area contributed by atoms with Crippen molar-refractivity contribution in [3.63, 3.8) is 0 Å². The van der Waals surface area contributed by atoms with Crippen molar-refractivity contribution < 1.29 is 4.74 Å². The number of nitriles is 1. The molecule has 0 radical (unpaired) electrons. The number of halogens is 1. The topological polar surface area (TPSA) is 106 Å². The quantitative estimate of drug-likeness (QED) is 0.326. The molecule has 1 atom stereocenters.